The Morgan fingerprint density at radius 1 is 0.604 bits per heavy atom. The van der Waals surface area contributed by atoms with Gasteiger partial charge >= 0.3 is 0 Å². The van der Waals surface area contributed by atoms with Crippen LogP contribution < -0.4 is 16.0 Å². The van der Waals surface area contributed by atoms with E-state index in [1.807, 2.05) is 12.1 Å². The summed E-state index contributed by atoms with van der Waals surface area (Å²) in [6, 6.07) is 56.3. The number of nitrogen functional groups attached to an aromatic ring is 1. The Morgan fingerprint density at radius 3 is 1.90 bits per heavy atom. The van der Waals surface area contributed by atoms with E-state index in [0.29, 0.717) is 5.92 Å². The van der Waals surface area contributed by atoms with Crippen LogP contribution in [0.2, 0.25) is 0 Å². The lowest BCUT2D eigenvalue weighted by Crippen LogP contribution is -2.12. The van der Waals surface area contributed by atoms with Crippen molar-refractivity contribution in [1.29, 1.82) is 0 Å². The summed E-state index contributed by atoms with van der Waals surface area (Å²) in [5.74, 6) is 0.453. The van der Waals surface area contributed by atoms with Crippen LogP contribution in [0.25, 0.3) is 33.4 Å². The van der Waals surface area contributed by atoms with Crippen LogP contribution >= 0.6 is 0 Å². The molecule has 1 saturated heterocycles. The lowest BCUT2D eigenvalue weighted by molar-refractivity contribution is 0.752. The summed E-state index contributed by atoms with van der Waals surface area (Å²) in [7, 11) is 0. The Morgan fingerprint density at radius 2 is 1.19 bits per heavy atom. The van der Waals surface area contributed by atoms with E-state index in [2.05, 4.69) is 175 Å². The topological polar surface area (TPSA) is 41.1 Å². The molecule has 3 heteroatoms. The van der Waals surface area contributed by atoms with Gasteiger partial charge in [-0.05, 0) is 81.1 Å². The van der Waals surface area contributed by atoms with Gasteiger partial charge in [-0.2, -0.15) is 0 Å². The number of nitrogens with two attached hydrogens (primary N) is 1. The van der Waals surface area contributed by atoms with E-state index < -0.39 is 0 Å². The lowest BCUT2D eigenvalue weighted by Gasteiger charge is -2.21. The van der Waals surface area contributed by atoms with E-state index >= 15 is 0 Å². The predicted octanol–water partition coefficient (Wildman–Crippen LogP) is 11.1. The molecule has 0 aromatic heterocycles. The smallest absolute Gasteiger partial charge is 0.125 e. The average Bonchev–Trinajstić information content (AvgIpc) is 3.85. The second-order valence-corrected chi connectivity index (χ2v) is 13.0. The molecule has 0 spiro atoms. The third kappa shape index (κ3) is 5.91. The highest BCUT2D eigenvalue weighted by Crippen LogP contribution is 2.50. The third-order valence-corrected chi connectivity index (χ3v) is 9.60. The molecule has 3 nitrogen and oxygen atoms in total. The molecule has 1 aliphatic heterocycles. The van der Waals surface area contributed by atoms with Crippen molar-refractivity contribution >= 4 is 28.2 Å². The number of allylic oxidation sites excluding steroid dienone is 4. The fourth-order valence-electron chi connectivity index (χ4n) is 7.16. The Labute approximate surface area is 283 Å². The van der Waals surface area contributed by atoms with Crippen molar-refractivity contribution in [3.05, 3.63) is 187 Å². The zero-order valence-electron chi connectivity index (χ0n) is 27.1. The highest BCUT2D eigenvalue weighted by Gasteiger charge is 2.49. The summed E-state index contributed by atoms with van der Waals surface area (Å²) in [6.07, 6.45) is 5.90. The summed E-state index contributed by atoms with van der Waals surface area (Å²) in [5.41, 5.74) is 20.7. The number of hydrogen-bond donors (Lipinski definition) is 2. The number of hydrogen-bond acceptors (Lipinski definition) is 3. The maximum absolute atomic E-state index is 6.53. The van der Waals surface area contributed by atoms with Crippen molar-refractivity contribution in [2.24, 2.45) is 5.92 Å². The molecule has 3 N–H and O–H groups in total. The Bertz CT molecular complexity index is 2100. The second-order valence-electron chi connectivity index (χ2n) is 13.0. The van der Waals surface area contributed by atoms with Gasteiger partial charge in [-0.25, -0.2) is 0 Å². The molecule has 6 aromatic carbocycles. The van der Waals surface area contributed by atoms with Crippen LogP contribution in [0.15, 0.2) is 170 Å². The molecule has 48 heavy (non-hydrogen) atoms. The van der Waals surface area contributed by atoms with E-state index in [9.17, 15) is 0 Å². The minimum absolute atomic E-state index is 0.0591. The zero-order valence-corrected chi connectivity index (χ0v) is 27.1. The molecule has 0 saturated carbocycles. The normalized spacial score (nSPS) is 18.5. The van der Waals surface area contributed by atoms with Gasteiger partial charge in [0.05, 0.1) is 17.4 Å². The van der Waals surface area contributed by atoms with Gasteiger partial charge in [0.1, 0.15) is 6.17 Å². The van der Waals surface area contributed by atoms with Crippen LogP contribution in [0, 0.1) is 5.92 Å². The molecule has 1 fully saturated rings. The first-order valence-corrected chi connectivity index (χ1v) is 16.8. The highest BCUT2D eigenvalue weighted by molar-refractivity contribution is 5.90. The van der Waals surface area contributed by atoms with E-state index in [0.717, 1.165) is 23.5 Å². The molecule has 0 amide bonds. The molecule has 0 radical (unpaired) electrons. The van der Waals surface area contributed by atoms with Crippen LogP contribution in [0.5, 0.6) is 0 Å². The third-order valence-electron chi connectivity index (χ3n) is 9.60. The van der Waals surface area contributed by atoms with Crippen LogP contribution in [-0.4, -0.2) is 6.17 Å². The Kier molecular flexibility index (Phi) is 7.87. The molecule has 1 heterocycles. The number of benzene rings is 6. The minimum Gasteiger partial charge on any atom is -0.397 e. The molecule has 8 rings (SSSR count). The molecule has 234 valence electrons. The Balaban J connectivity index is 1.20. The maximum Gasteiger partial charge on any atom is 0.125 e. The monoisotopic (exact) mass is 621 g/mol. The van der Waals surface area contributed by atoms with Gasteiger partial charge in [-0.3, -0.25) is 0 Å². The van der Waals surface area contributed by atoms with Crippen LogP contribution in [-0.2, 0) is 0 Å². The zero-order chi connectivity index (χ0) is 32.5. The van der Waals surface area contributed by atoms with Gasteiger partial charge in [-0.1, -0.05) is 153 Å². The Hall–Kier alpha value is -5.80. The van der Waals surface area contributed by atoms with Crippen molar-refractivity contribution in [2.75, 3.05) is 16.0 Å². The van der Waals surface area contributed by atoms with Gasteiger partial charge in [0.2, 0.25) is 0 Å². The van der Waals surface area contributed by atoms with E-state index in [-0.39, 0.29) is 12.2 Å². The summed E-state index contributed by atoms with van der Waals surface area (Å²) >= 11 is 0. The van der Waals surface area contributed by atoms with Gasteiger partial charge in [0.25, 0.3) is 0 Å². The first-order valence-electron chi connectivity index (χ1n) is 16.8. The average molecular weight is 622 g/mol. The van der Waals surface area contributed by atoms with Crippen molar-refractivity contribution in [1.82, 2.24) is 0 Å². The van der Waals surface area contributed by atoms with E-state index in [1.165, 1.54) is 50.1 Å². The largest absolute Gasteiger partial charge is 0.397 e. The van der Waals surface area contributed by atoms with Gasteiger partial charge in [0.15, 0.2) is 0 Å². The fraction of sp³-hybridized carbons (Fsp3) is 0.111. The molecule has 0 bridgehead atoms. The number of nitrogens with one attached hydrogen (secondary N) is 1. The number of anilines is 3. The van der Waals surface area contributed by atoms with Crippen molar-refractivity contribution < 1.29 is 0 Å². The molecule has 2 aliphatic rings. The SMILES string of the molecule is C[C@@H]1C=C(c2ccc(N[C@@H]3C(c4ccccc4)N3c3ccccc3N)c(-c3ccc(-c4ccccc4)cc3)c2)C=C(c2ccccc2)C1. The number of rotatable bonds is 8. The highest BCUT2D eigenvalue weighted by atomic mass is 15.5. The van der Waals surface area contributed by atoms with Crippen molar-refractivity contribution in [3.8, 4) is 22.3 Å². The molecule has 6 aromatic rings. The van der Waals surface area contributed by atoms with Crippen LogP contribution in [0.1, 0.15) is 36.1 Å². The summed E-state index contributed by atoms with van der Waals surface area (Å²) in [4.78, 5) is 2.39. The number of nitrogens with zero attached hydrogens (tertiary/aromatic N) is 1. The molecule has 1 unspecified atom stereocenters. The van der Waals surface area contributed by atoms with Gasteiger partial charge < -0.3 is 16.0 Å². The van der Waals surface area contributed by atoms with Gasteiger partial charge in [-0.15, -0.1) is 0 Å². The van der Waals surface area contributed by atoms with E-state index in [1.54, 1.807) is 0 Å². The summed E-state index contributed by atoms with van der Waals surface area (Å²) < 4.78 is 0. The molecule has 1 aliphatic carbocycles. The second kappa shape index (κ2) is 12.8. The molecular weight excluding hydrogens is 583 g/mol. The van der Waals surface area contributed by atoms with Crippen molar-refractivity contribution in [2.45, 2.75) is 25.6 Å². The standard InChI is InChI=1S/C45H39N3/c1-31-27-38(33-15-7-3-8-16-33)29-39(28-31)37-25-26-42(40(30-37)35-23-21-34(22-24-35)32-13-5-2-6-14-32)47-45-44(36-17-9-4-10-18-36)48(45)43-20-12-11-19-41(43)46/h2-26,28-31,44-45,47H,27,46H2,1H3/t31-,44?,45-,48?/m0/s1. The molecular formula is C45H39N3. The maximum atomic E-state index is 6.53. The minimum atomic E-state index is 0.0591. The van der Waals surface area contributed by atoms with E-state index in [4.69, 9.17) is 5.73 Å². The summed E-state index contributed by atoms with van der Waals surface area (Å²) in [5, 5.41) is 3.96. The van der Waals surface area contributed by atoms with Crippen molar-refractivity contribution in [3.63, 3.8) is 0 Å². The van der Waals surface area contributed by atoms with Crippen LogP contribution in [0.3, 0.4) is 0 Å². The quantitative estimate of drug-likeness (QED) is 0.131. The predicted molar refractivity (Wildman–Crippen MR) is 203 cm³/mol. The number of para-hydroxylation sites is 2. The molecule has 3 atom stereocenters. The first-order chi connectivity index (χ1) is 23.6. The summed E-state index contributed by atoms with van der Waals surface area (Å²) in [6.45, 7) is 2.32. The lowest BCUT2D eigenvalue weighted by atomic mass is 9.85. The first kappa shape index (κ1) is 29.6. The van der Waals surface area contributed by atoms with Gasteiger partial charge in [0, 0.05) is 11.3 Å². The fourth-order valence-corrected chi connectivity index (χ4v) is 7.16. The van der Waals surface area contributed by atoms with Crippen LogP contribution in [0.4, 0.5) is 17.1 Å².